The first kappa shape index (κ1) is 16.3. The van der Waals surface area contributed by atoms with E-state index >= 15 is 0 Å². The van der Waals surface area contributed by atoms with Crippen molar-refractivity contribution in [3.05, 3.63) is 30.3 Å². The van der Waals surface area contributed by atoms with Crippen molar-refractivity contribution in [2.75, 3.05) is 38.0 Å². The summed E-state index contributed by atoms with van der Waals surface area (Å²) in [4.78, 5) is 14.4. The Morgan fingerprint density at radius 2 is 2.00 bits per heavy atom. The Balaban J connectivity index is 0.00000161. The van der Waals surface area contributed by atoms with Crippen LogP contribution in [0.2, 0.25) is 0 Å². The van der Waals surface area contributed by atoms with Crippen LogP contribution in [0.5, 0.6) is 0 Å². The van der Waals surface area contributed by atoms with Crippen molar-refractivity contribution < 1.29 is 4.79 Å². The van der Waals surface area contributed by atoms with Gasteiger partial charge in [0.2, 0.25) is 5.91 Å². The Morgan fingerprint density at radius 1 is 1.24 bits per heavy atom. The zero-order chi connectivity index (χ0) is 13.8. The van der Waals surface area contributed by atoms with Gasteiger partial charge in [-0.15, -0.1) is 12.4 Å². The fourth-order valence-electron chi connectivity index (χ4n) is 3.32. The number of amides is 1. The molecule has 4 nitrogen and oxygen atoms in total. The molecule has 2 aliphatic rings. The summed E-state index contributed by atoms with van der Waals surface area (Å²) >= 11 is 0. The van der Waals surface area contributed by atoms with Gasteiger partial charge in [-0.25, -0.2) is 0 Å². The second-order valence-electron chi connectivity index (χ2n) is 5.93. The van der Waals surface area contributed by atoms with Gasteiger partial charge >= 0.3 is 0 Å². The second-order valence-corrected chi connectivity index (χ2v) is 5.93. The number of nitrogens with one attached hydrogen (secondary N) is 2. The third-order valence-corrected chi connectivity index (χ3v) is 4.50. The summed E-state index contributed by atoms with van der Waals surface area (Å²) in [5.74, 6) is 1.77. The molecule has 2 heterocycles. The highest BCUT2D eigenvalue weighted by molar-refractivity contribution is 5.90. The zero-order valence-corrected chi connectivity index (χ0v) is 13.1. The summed E-state index contributed by atoms with van der Waals surface area (Å²) in [6.45, 7) is 5.50. The first-order valence-corrected chi connectivity index (χ1v) is 7.59. The van der Waals surface area contributed by atoms with Gasteiger partial charge in [-0.3, -0.25) is 4.79 Å². The molecule has 0 bridgehead atoms. The minimum Gasteiger partial charge on any atom is -0.326 e. The third kappa shape index (κ3) is 4.43. The molecule has 0 aromatic heterocycles. The first-order valence-electron chi connectivity index (χ1n) is 7.59. The molecule has 1 amide bonds. The summed E-state index contributed by atoms with van der Waals surface area (Å²) in [6.07, 6.45) is 1.86. The van der Waals surface area contributed by atoms with Crippen molar-refractivity contribution >= 4 is 24.0 Å². The van der Waals surface area contributed by atoms with Crippen molar-refractivity contribution in [3.8, 4) is 0 Å². The van der Waals surface area contributed by atoms with E-state index < -0.39 is 0 Å². The average Bonchev–Trinajstić information content (AvgIpc) is 2.93. The van der Waals surface area contributed by atoms with Crippen LogP contribution in [-0.4, -0.2) is 43.5 Å². The summed E-state index contributed by atoms with van der Waals surface area (Å²) in [7, 11) is 0. The predicted molar refractivity (Wildman–Crippen MR) is 87.8 cm³/mol. The minimum absolute atomic E-state index is 0. The maximum Gasteiger partial charge on any atom is 0.225 e. The Bertz CT molecular complexity index is 454. The van der Waals surface area contributed by atoms with Gasteiger partial charge in [-0.05, 0) is 50.0 Å². The number of fused-ring (bicyclic) bond motifs is 1. The van der Waals surface area contributed by atoms with Crippen LogP contribution < -0.4 is 10.6 Å². The van der Waals surface area contributed by atoms with E-state index in [1.165, 1.54) is 13.0 Å². The molecule has 116 valence electrons. The van der Waals surface area contributed by atoms with Crippen LogP contribution in [0.1, 0.15) is 12.8 Å². The number of hydrogen-bond donors (Lipinski definition) is 2. The molecule has 2 fully saturated rings. The fraction of sp³-hybridized carbons (Fsp3) is 0.562. The average molecular weight is 310 g/mol. The van der Waals surface area contributed by atoms with Crippen molar-refractivity contribution in [2.24, 2.45) is 11.8 Å². The maximum atomic E-state index is 11.9. The first-order chi connectivity index (χ1) is 9.81. The van der Waals surface area contributed by atoms with Crippen molar-refractivity contribution in [1.29, 1.82) is 0 Å². The lowest BCUT2D eigenvalue weighted by Crippen LogP contribution is -2.41. The molecule has 5 heteroatoms. The molecule has 0 saturated carbocycles. The molecule has 0 radical (unpaired) electrons. The number of para-hydroxylation sites is 1. The number of carbonyl (C=O) groups excluding carboxylic acids is 1. The summed E-state index contributed by atoms with van der Waals surface area (Å²) < 4.78 is 0. The molecule has 2 N–H and O–H groups in total. The molecular formula is C16H24ClN3O. The van der Waals surface area contributed by atoms with E-state index in [9.17, 15) is 4.79 Å². The van der Waals surface area contributed by atoms with Gasteiger partial charge in [0.05, 0.1) is 0 Å². The van der Waals surface area contributed by atoms with Gasteiger partial charge in [0.25, 0.3) is 0 Å². The van der Waals surface area contributed by atoms with Gasteiger partial charge in [0, 0.05) is 25.2 Å². The Hall–Kier alpha value is -1.10. The Morgan fingerprint density at radius 3 is 2.81 bits per heavy atom. The highest BCUT2D eigenvalue weighted by Crippen LogP contribution is 2.26. The largest absolute Gasteiger partial charge is 0.326 e. The second kappa shape index (κ2) is 7.78. The number of rotatable bonds is 4. The SMILES string of the molecule is Cl.O=C(CCN1CCC2CNCC2C1)Nc1ccccc1. The molecule has 2 saturated heterocycles. The highest BCUT2D eigenvalue weighted by atomic mass is 35.5. The summed E-state index contributed by atoms with van der Waals surface area (Å²) in [5, 5.41) is 6.43. The zero-order valence-electron chi connectivity index (χ0n) is 12.3. The molecule has 21 heavy (non-hydrogen) atoms. The van der Waals surface area contributed by atoms with Crippen LogP contribution in [0.3, 0.4) is 0 Å². The van der Waals surface area contributed by atoms with Crippen LogP contribution in [-0.2, 0) is 4.79 Å². The lowest BCUT2D eigenvalue weighted by molar-refractivity contribution is -0.116. The summed E-state index contributed by atoms with van der Waals surface area (Å²) in [5.41, 5.74) is 0.885. The molecule has 0 aliphatic carbocycles. The quantitative estimate of drug-likeness (QED) is 0.894. The van der Waals surface area contributed by atoms with E-state index in [1.807, 2.05) is 30.3 Å². The fourth-order valence-corrected chi connectivity index (χ4v) is 3.32. The molecule has 0 spiro atoms. The number of nitrogens with zero attached hydrogens (tertiary/aromatic N) is 1. The number of hydrogen-bond acceptors (Lipinski definition) is 3. The molecule has 2 atom stereocenters. The van der Waals surface area contributed by atoms with Crippen molar-refractivity contribution in [2.45, 2.75) is 12.8 Å². The molecule has 2 unspecified atom stereocenters. The predicted octanol–water partition coefficient (Wildman–Crippen LogP) is 1.98. The van der Waals surface area contributed by atoms with Gasteiger partial charge in [-0.1, -0.05) is 18.2 Å². The third-order valence-electron chi connectivity index (χ3n) is 4.50. The maximum absolute atomic E-state index is 11.9. The number of anilines is 1. The lowest BCUT2D eigenvalue weighted by Gasteiger charge is -2.34. The Labute approximate surface area is 132 Å². The van der Waals surface area contributed by atoms with Gasteiger partial charge in [0.1, 0.15) is 0 Å². The van der Waals surface area contributed by atoms with Crippen LogP contribution in [0.4, 0.5) is 5.69 Å². The van der Waals surface area contributed by atoms with E-state index in [1.54, 1.807) is 0 Å². The van der Waals surface area contributed by atoms with E-state index in [0.29, 0.717) is 6.42 Å². The number of carbonyl (C=O) groups is 1. The topological polar surface area (TPSA) is 44.4 Å². The number of likely N-dealkylation sites (tertiary alicyclic amines) is 1. The molecule has 1 aromatic carbocycles. The smallest absolute Gasteiger partial charge is 0.225 e. The monoisotopic (exact) mass is 309 g/mol. The molecule has 1 aromatic rings. The number of halogens is 1. The van der Waals surface area contributed by atoms with Crippen molar-refractivity contribution in [1.82, 2.24) is 10.2 Å². The number of piperidine rings is 1. The minimum atomic E-state index is 0. The highest BCUT2D eigenvalue weighted by Gasteiger charge is 2.32. The van der Waals surface area contributed by atoms with E-state index in [-0.39, 0.29) is 18.3 Å². The van der Waals surface area contributed by atoms with Crippen LogP contribution in [0.15, 0.2) is 30.3 Å². The van der Waals surface area contributed by atoms with Crippen LogP contribution >= 0.6 is 12.4 Å². The van der Waals surface area contributed by atoms with E-state index in [4.69, 9.17) is 0 Å². The normalized spacial score (nSPS) is 25.0. The summed E-state index contributed by atoms with van der Waals surface area (Å²) in [6, 6.07) is 9.68. The Kier molecular flexibility index (Phi) is 6.03. The molecule has 2 aliphatic heterocycles. The van der Waals surface area contributed by atoms with Crippen LogP contribution in [0, 0.1) is 11.8 Å². The molecule has 3 rings (SSSR count). The van der Waals surface area contributed by atoms with Crippen LogP contribution in [0.25, 0.3) is 0 Å². The standard InChI is InChI=1S/C16H23N3O.ClH/c20-16(18-15-4-2-1-3-5-15)7-9-19-8-6-13-10-17-11-14(13)12-19;/h1-5,13-14,17H,6-12H2,(H,18,20);1H. The van der Waals surface area contributed by atoms with Gasteiger partial charge in [-0.2, -0.15) is 0 Å². The molecular weight excluding hydrogens is 286 g/mol. The van der Waals surface area contributed by atoms with Gasteiger partial charge < -0.3 is 15.5 Å². The van der Waals surface area contributed by atoms with E-state index in [0.717, 1.165) is 43.7 Å². The van der Waals surface area contributed by atoms with E-state index in [2.05, 4.69) is 15.5 Å². The van der Waals surface area contributed by atoms with Crippen molar-refractivity contribution in [3.63, 3.8) is 0 Å². The van der Waals surface area contributed by atoms with Gasteiger partial charge in [0.15, 0.2) is 0 Å². The lowest BCUT2D eigenvalue weighted by atomic mass is 9.89. The number of benzene rings is 1.